The molecule has 1 aliphatic rings. The molecule has 1 aromatic rings. The third kappa shape index (κ3) is 5.30. The molecule has 1 aliphatic carbocycles. The smallest absolute Gasteiger partial charge is 0.339 e. The van der Waals surface area contributed by atoms with Crippen molar-refractivity contribution in [1.82, 2.24) is 0 Å². The predicted octanol–water partition coefficient (Wildman–Crippen LogP) is 5.64. The number of ether oxygens (including phenoxy) is 2. The largest absolute Gasteiger partial charge is 0.465 e. The second-order valence-corrected chi connectivity index (χ2v) is 8.36. The molecule has 0 atom stereocenters. The van der Waals surface area contributed by atoms with Crippen LogP contribution in [-0.2, 0) is 14.3 Å². The van der Waals surface area contributed by atoms with Crippen molar-refractivity contribution < 1.29 is 19.1 Å². The van der Waals surface area contributed by atoms with E-state index < -0.39 is 0 Å². The maximum Gasteiger partial charge on any atom is 0.339 e. The van der Waals surface area contributed by atoms with Gasteiger partial charge in [-0.15, -0.1) is 0 Å². The fourth-order valence-corrected chi connectivity index (χ4v) is 4.27. The molecule has 0 saturated heterocycles. The van der Waals surface area contributed by atoms with Gasteiger partial charge < -0.3 is 9.47 Å². The molecule has 0 aromatic heterocycles. The van der Waals surface area contributed by atoms with Crippen LogP contribution < -0.4 is 0 Å². The van der Waals surface area contributed by atoms with E-state index >= 15 is 0 Å². The number of rotatable bonds is 5. The van der Waals surface area contributed by atoms with E-state index in [0.29, 0.717) is 42.3 Å². The van der Waals surface area contributed by atoms with E-state index in [4.69, 9.17) is 9.47 Å². The topological polar surface area (TPSA) is 52.6 Å². The van der Waals surface area contributed by atoms with E-state index in [0.717, 1.165) is 15.4 Å². The normalized spacial score (nSPS) is 20.5. The number of hydrogen-bond acceptors (Lipinski definition) is 4. The monoisotopic (exact) mass is 524 g/mol. The SMILES string of the molecule is CCCOC(=O)C1CCC(OC(=O)c2cc(Br)cc(Br)c2Br)CC1. The van der Waals surface area contributed by atoms with Gasteiger partial charge in [0.15, 0.2) is 0 Å². The lowest BCUT2D eigenvalue weighted by Gasteiger charge is -2.27. The van der Waals surface area contributed by atoms with Gasteiger partial charge in [-0.1, -0.05) is 22.9 Å². The van der Waals surface area contributed by atoms with Crippen LogP contribution in [0.3, 0.4) is 0 Å². The van der Waals surface area contributed by atoms with Gasteiger partial charge in [0.1, 0.15) is 6.10 Å². The number of halogens is 3. The van der Waals surface area contributed by atoms with Crippen LogP contribution in [0.1, 0.15) is 49.4 Å². The second-order valence-electron chi connectivity index (χ2n) is 5.80. The minimum atomic E-state index is -0.360. The van der Waals surface area contributed by atoms with E-state index in [1.165, 1.54) is 0 Å². The molecule has 1 fully saturated rings. The Morgan fingerprint density at radius 3 is 2.42 bits per heavy atom. The molecule has 0 heterocycles. The van der Waals surface area contributed by atoms with Crippen LogP contribution in [0.4, 0.5) is 0 Å². The van der Waals surface area contributed by atoms with Gasteiger partial charge in [-0.25, -0.2) is 4.79 Å². The molecule has 4 nitrogen and oxygen atoms in total. The molecule has 132 valence electrons. The number of carbonyl (C=O) groups is 2. The maximum absolute atomic E-state index is 12.4. The lowest BCUT2D eigenvalue weighted by molar-refractivity contribution is -0.150. The standard InChI is InChI=1S/C17H19Br3O4/c1-2-7-23-16(21)10-3-5-12(6-4-10)24-17(22)13-8-11(18)9-14(19)15(13)20/h8-10,12H,2-7H2,1H3. The first-order chi connectivity index (χ1) is 11.4. The van der Waals surface area contributed by atoms with Gasteiger partial charge in [-0.2, -0.15) is 0 Å². The zero-order valence-corrected chi connectivity index (χ0v) is 18.1. The molecule has 0 bridgehead atoms. The van der Waals surface area contributed by atoms with Gasteiger partial charge in [0.2, 0.25) is 0 Å². The van der Waals surface area contributed by atoms with E-state index in [9.17, 15) is 9.59 Å². The van der Waals surface area contributed by atoms with Crippen LogP contribution in [0.15, 0.2) is 25.6 Å². The number of benzene rings is 1. The first-order valence-electron chi connectivity index (χ1n) is 7.94. The second kappa shape index (κ2) is 9.34. The molecule has 0 amide bonds. The number of hydrogen-bond donors (Lipinski definition) is 0. The summed E-state index contributed by atoms with van der Waals surface area (Å²) in [7, 11) is 0. The highest BCUT2D eigenvalue weighted by Gasteiger charge is 2.30. The molecule has 7 heteroatoms. The Balaban J connectivity index is 1.90. The van der Waals surface area contributed by atoms with Crippen LogP contribution in [0.5, 0.6) is 0 Å². The van der Waals surface area contributed by atoms with Crippen LogP contribution in [0.25, 0.3) is 0 Å². The maximum atomic E-state index is 12.4. The van der Waals surface area contributed by atoms with Gasteiger partial charge in [-0.3, -0.25) is 4.79 Å². The molecule has 1 saturated carbocycles. The fraction of sp³-hybridized carbons (Fsp3) is 0.529. The first kappa shape index (κ1) is 19.9. The molecular weight excluding hydrogens is 508 g/mol. The zero-order chi connectivity index (χ0) is 17.7. The zero-order valence-electron chi connectivity index (χ0n) is 13.3. The van der Waals surface area contributed by atoms with Gasteiger partial charge in [0, 0.05) is 13.4 Å². The molecule has 2 rings (SSSR count). The van der Waals surface area contributed by atoms with Crippen molar-refractivity contribution in [3.63, 3.8) is 0 Å². The minimum Gasteiger partial charge on any atom is -0.465 e. The Hall–Kier alpha value is -0.400. The highest BCUT2D eigenvalue weighted by molar-refractivity contribution is 9.13. The Labute approximate surface area is 167 Å². The molecule has 0 spiro atoms. The summed E-state index contributed by atoms with van der Waals surface area (Å²) >= 11 is 10.2. The highest BCUT2D eigenvalue weighted by atomic mass is 79.9. The highest BCUT2D eigenvalue weighted by Crippen LogP contribution is 2.33. The number of carbonyl (C=O) groups excluding carboxylic acids is 2. The first-order valence-corrected chi connectivity index (χ1v) is 10.3. The Bertz CT molecular complexity index is 610. The summed E-state index contributed by atoms with van der Waals surface area (Å²) in [6.45, 7) is 2.45. The van der Waals surface area contributed by atoms with E-state index in [-0.39, 0.29) is 24.0 Å². The van der Waals surface area contributed by atoms with Crippen molar-refractivity contribution in [3.05, 3.63) is 31.1 Å². The summed E-state index contributed by atoms with van der Waals surface area (Å²) in [6, 6.07) is 3.58. The molecule has 24 heavy (non-hydrogen) atoms. The number of esters is 2. The summed E-state index contributed by atoms with van der Waals surface area (Å²) in [5.41, 5.74) is 0.473. The summed E-state index contributed by atoms with van der Waals surface area (Å²) in [5, 5.41) is 0. The molecule has 0 unspecified atom stereocenters. The minimum absolute atomic E-state index is 0.0711. The third-order valence-corrected chi connectivity index (χ3v) is 6.41. The summed E-state index contributed by atoms with van der Waals surface area (Å²) < 4.78 is 13.1. The predicted molar refractivity (Wildman–Crippen MR) is 102 cm³/mol. The van der Waals surface area contributed by atoms with Gasteiger partial charge >= 0.3 is 11.9 Å². The lowest BCUT2D eigenvalue weighted by Crippen LogP contribution is -2.29. The van der Waals surface area contributed by atoms with E-state index in [1.807, 2.05) is 13.0 Å². The molecular formula is C17H19Br3O4. The van der Waals surface area contributed by atoms with Crippen LogP contribution in [-0.4, -0.2) is 24.6 Å². The Morgan fingerprint density at radius 2 is 1.79 bits per heavy atom. The van der Waals surface area contributed by atoms with Crippen molar-refractivity contribution >= 4 is 59.7 Å². The summed E-state index contributed by atoms with van der Waals surface area (Å²) in [5.74, 6) is -0.556. The summed E-state index contributed by atoms with van der Waals surface area (Å²) in [4.78, 5) is 24.3. The van der Waals surface area contributed by atoms with Crippen molar-refractivity contribution in [2.24, 2.45) is 5.92 Å². The van der Waals surface area contributed by atoms with Gasteiger partial charge in [0.25, 0.3) is 0 Å². The molecule has 1 aromatic carbocycles. The van der Waals surface area contributed by atoms with Crippen LogP contribution >= 0.6 is 47.8 Å². The van der Waals surface area contributed by atoms with Crippen LogP contribution in [0, 0.1) is 5.92 Å². The quantitative estimate of drug-likeness (QED) is 0.368. The van der Waals surface area contributed by atoms with Crippen molar-refractivity contribution in [2.75, 3.05) is 6.61 Å². The average Bonchev–Trinajstić information content (AvgIpc) is 2.56. The summed E-state index contributed by atoms with van der Waals surface area (Å²) in [6.07, 6.45) is 3.44. The van der Waals surface area contributed by atoms with Gasteiger partial charge in [-0.05, 0) is 76.1 Å². The fourth-order valence-electron chi connectivity index (χ4n) is 2.66. The van der Waals surface area contributed by atoms with E-state index in [1.54, 1.807) is 6.07 Å². The Morgan fingerprint density at radius 1 is 1.12 bits per heavy atom. The molecule has 0 radical (unpaired) electrons. The van der Waals surface area contributed by atoms with E-state index in [2.05, 4.69) is 47.8 Å². The average molecular weight is 527 g/mol. The van der Waals surface area contributed by atoms with Crippen molar-refractivity contribution in [2.45, 2.75) is 45.1 Å². The Kier molecular flexibility index (Phi) is 7.75. The van der Waals surface area contributed by atoms with Crippen molar-refractivity contribution in [3.8, 4) is 0 Å². The van der Waals surface area contributed by atoms with Gasteiger partial charge in [0.05, 0.1) is 18.1 Å². The van der Waals surface area contributed by atoms with Crippen molar-refractivity contribution in [1.29, 1.82) is 0 Å². The lowest BCUT2D eigenvalue weighted by atomic mass is 9.87. The third-order valence-electron chi connectivity index (χ3n) is 3.94. The molecule has 0 N–H and O–H groups in total. The molecule has 0 aliphatic heterocycles. The van der Waals surface area contributed by atoms with Crippen LogP contribution in [0.2, 0.25) is 0 Å².